The highest BCUT2D eigenvalue weighted by molar-refractivity contribution is 5.45. The molecule has 0 aromatic heterocycles. The number of aliphatic hydroxyl groups is 1. The maximum absolute atomic E-state index is 9.78. The lowest BCUT2D eigenvalue weighted by molar-refractivity contribution is 0.142. The topological polar surface area (TPSA) is 23.5 Å². The largest absolute Gasteiger partial charge is 0.393 e. The highest BCUT2D eigenvalue weighted by Gasteiger charge is 2.28. The molecular formula is C14H21NO. The van der Waals surface area contributed by atoms with Gasteiger partial charge in [-0.1, -0.05) is 12.1 Å². The zero-order valence-electron chi connectivity index (χ0n) is 10.2. The van der Waals surface area contributed by atoms with Gasteiger partial charge < -0.3 is 10.0 Å². The molecule has 1 atom stereocenters. The predicted octanol–water partition coefficient (Wildman–Crippen LogP) is 2.46. The van der Waals surface area contributed by atoms with E-state index in [1.165, 1.54) is 24.1 Å². The maximum Gasteiger partial charge on any atom is 0.0571 e. The van der Waals surface area contributed by atoms with Gasteiger partial charge in [-0.15, -0.1) is 0 Å². The molecule has 0 aliphatic heterocycles. The lowest BCUT2D eigenvalue weighted by Crippen LogP contribution is -2.10. The van der Waals surface area contributed by atoms with Crippen LogP contribution in [0.15, 0.2) is 24.3 Å². The van der Waals surface area contributed by atoms with Crippen LogP contribution in [0.2, 0.25) is 0 Å². The van der Waals surface area contributed by atoms with Gasteiger partial charge in [0.05, 0.1) is 6.10 Å². The van der Waals surface area contributed by atoms with Crippen LogP contribution in [0, 0.1) is 5.92 Å². The van der Waals surface area contributed by atoms with Crippen molar-refractivity contribution in [2.75, 3.05) is 19.0 Å². The highest BCUT2D eigenvalue weighted by atomic mass is 16.3. The van der Waals surface area contributed by atoms with Crippen molar-refractivity contribution < 1.29 is 5.11 Å². The molecule has 1 saturated carbocycles. The Bertz CT molecular complexity index is 327. The first-order valence-corrected chi connectivity index (χ1v) is 6.11. The molecular weight excluding hydrogens is 198 g/mol. The number of aryl methyl sites for hydroxylation is 1. The summed E-state index contributed by atoms with van der Waals surface area (Å²) in [5.41, 5.74) is 2.55. The number of aliphatic hydroxyl groups excluding tert-OH is 1. The molecule has 0 heterocycles. The Labute approximate surface area is 97.9 Å². The third kappa shape index (κ3) is 2.99. The maximum atomic E-state index is 9.78. The first-order valence-electron chi connectivity index (χ1n) is 6.11. The van der Waals surface area contributed by atoms with E-state index in [0.717, 1.165) is 12.8 Å². The van der Waals surface area contributed by atoms with Crippen LogP contribution in [0.25, 0.3) is 0 Å². The minimum Gasteiger partial charge on any atom is -0.393 e. The van der Waals surface area contributed by atoms with E-state index in [-0.39, 0.29) is 6.10 Å². The van der Waals surface area contributed by atoms with Crippen molar-refractivity contribution in [3.63, 3.8) is 0 Å². The number of anilines is 1. The first kappa shape index (κ1) is 11.5. The predicted molar refractivity (Wildman–Crippen MR) is 67.8 cm³/mol. The molecule has 2 heteroatoms. The summed E-state index contributed by atoms with van der Waals surface area (Å²) < 4.78 is 0. The molecule has 0 radical (unpaired) electrons. The molecule has 1 aromatic rings. The van der Waals surface area contributed by atoms with Gasteiger partial charge >= 0.3 is 0 Å². The molecule has 1 fully saturated rings. The van der Waals surface area contributed by atoms with E-state index in [1.807, 2.05) is 14.1 Å². The van der Waals surface area contributed by atoms with Gasteiger partial charge in [0.25, 0.3) is 0 Å². The van der Waals surface area contributed by atoms with Gasteiger partial charge in [-0.2, -0.15) is 0 Å². The van der Waals surface area contributed by atoms with E-state index in [0.29, 0.717) is 5.92 Å². The molecule has 2 rings (SSSR count). The van der Waals surface area contributed by atoms with Crippen LogP contribution in [0.5, 0.6) is 0 Å². The van der Waals surface area contributed by atoms with Crippen molar-refractivity contribution >= 4 is 5.69 Å². The van der Waals surface area contributed by atoms with Crippen LogP contribution < -0.4 is 4.90 Å². The number of rotatable bonds is 5. The quantitative estimate of drug-likeness (QED) is 0.822. The SMILES string of the molecule is CN(C)c1ccc(CC[C@H](O)C2CC2)cc1. The molecule has 88 valence electrons. The molecule has 0 unspecified atom stereocenters. The Hall–Kier alpha value is -1.02. The molecule has 1 aliphatic rings. The fraction of sp³-hybridized carbons (Fsp3) is 0.571. The number of hydrogen-bond acceptors (Lipinski definition) is 2. The molecule has 16 heavy (non-hydrogen) atoms. The van der Waals surface area contributed by atoms with Gasteiger partial charge in [-0.3, -0.25) is 0 Å². The van der Waals surface area contributed by atoms with E-state index >= 15 is 0 Å². The fourth-order valence-corrected chi connectivity index (χ4v) is 1.99. The van der Waals surface area contributed by atoms with Crippen molar-refractivity contribution in [2.45, 2.75) is 31.8 Å². The summed E-state index contributed by atoms with van der Waals surface area (Å²) in [5.74, 6) is 0.598. The lowest BCUT2D eigenvalue weighted by atomic mass is 10.0. The van der Waals surface area contributed by atoms with Crippen molar-refractivity contribution in [1.29, 1.82) is 0 Å². The second-order valence-corrected chi connectivity index (χ2v) is 5.00. The molecule has 1 N–H and O–H groups in total. The average Bonchev–Trinajstić information content (AvgIpc) is 3.10. The molecule has 2 nitrogen and oxygen atoms in total. The minimum atomic E-state index is -0.0754. The summed E-state index contributed by atoms with van der Waals surface area (Å²) in [5, 5.41) is 9.78. The van der Waals surface area contributed by atoms with Crippen molar-refractivity contribution in [2.24, 2.45) is 5.92 Å². The second kappa shape index (κ2) is 4.88. The van der Waals surface area contributed by atoms with Crippen LogP contribution in [0.4, 0.5) is 5.69 Å². The number of hydrogen-bond donors (Lipinski definition) is 1. The highest BCUT2D eigenvalue weighted by Crippen LogP contribution is 2.34. The molecule has 1 aromatic carbocycles. The monoisotopic (exact) mass is 219 g/mol. The van der Waals surface area contributed by atoms with Gasteiger partial charge in [-0.05, 0) is 49.3 Å². The van der Waals surface area contributed by atoms with E-state index in [9.17, 15) is 5.11 Å². The van der Waals surface area contributed by atoms with E-state index in [4.69, 9.17) is 0 Å². The van der Waals surface area contributed by atoms with Gasteiger partial charge in [0.1, 0.15) is 0 Å². The Kier molecular flexibility index (Phi) is 3.49. The van der Waals surface area contributed by atoms with Gasteiger partial charge in [0.15, 0.2) is 0 Å². The smallest absolute Gasteiger partial charge is 0.0571 e. The van der Waals surface area contributed by atoms with Crippen molar-refractivity contribution in [3.05, 3.63) is 29.8 Å². The molecule has 0 amide bonds. The second-order valence-electron chi connectivity index (χ2n) is 5.00. The summed E-state index contributed by atoms with van der Waals surface area (Å²) in [6.07, 6.45) is 4.27. The molecule has 0 bridgehead atoms. The van der Waals surface area contributed by atoms with Gasteiger partial charge in [0, 0.05) is 19.8 Å². The summed E-state index contributed by atoms with van der Waals surface area (Å²) in [4.78, 5) is 2.10. The third-order valence-corrected chi connectivity index (χ3v) is 3.35. The van der Waals surface area contributed by atoms with Crippen LogP contribution >= 0.6 is 0 Å². The third-order valence-electron chi connectivity index (χ3n) is 3.35. The Morgan fingerprint density at radius 1 is 1.25 bits per heavy atom. The summed E-state index contributed by atoms with van der Waals surface area (Å²) >= 11 is 0. The number of benzene rings is 1. The molecule has 0 spiro atoms. The summed E-state index contributed by atoms with van der Waals surface area (Å²) in [6, 6.07) is 8.60. The number of nitrogens with zero attached hydrogens (tertiary/aromatic N) is 1. The molecule has 1 aliphatic carbocycles. The van der Waals surface area contributed by atoms with E-state index in [1.54, 1.807) is 0 Å². The van der Waals surface area contributed by atoms with Gasteiger partial charge in [0.2, 0.25) is 0 Å². The van der Waals surface area contributed by atoms with Crippen LogP contribution in [0.1, 0.15) is 24.8 Å². The van der Waals surface area contributed by atoms with Gasteiger partial charge in [-0.25, -0.2) is 0 Å². The summed E-state index contributed by atoms with van der Waals surface area (Å²) in [7, 11) is 4.09. The average molecular weight is 219 g/mol. The van der Waals surface area contributed by atoms with E-state index in [2.05, 4.69) is 29.2 Å². The zero-order valence-corrected chi connectivity index (χ0v) is 10.2. The Balaban J connectivity index is 1.84. The summed E-state index contributed by atoms with van der Waals surface area (Å²) in [6.45, 7) is 0. The zero-order chi connectivity index (χ0) is 11.5. The van der Waals surface area contributed by atoms with Crippen molar-refractivity contribution in [1.82, 2.24) is 0 Å². The Morgan fingerprint density at radius 3 is 2.38 bits per heavy atom. The van der Waals surface area contributed by atoms with Crippen LogP contribution in [-0.4, -0.2) is 25.3 Å². The minimum absolute atomic E-state index is 0.0754. The standard InChI is InChI=1S/C14H21NO/c1-15(2)13-8-3-11(4-9-13)5-10-14(16)12-6-7-12/h3-4,8-9,12,14,16H,5-7,10H2,1-2H3/t14-/m0/s1. The normalized spacial score (nSPS) is 17.2. The van der Waals surface area contributed by atoms with Crippen LogP contribution in [-0.2, 0) is 6.42 Å². The Morgan fingerprint density at radius 2 is 1.88 bits per heavy atom. The first-order chi connectivity index (χ1) is 7.66. The van der Waals surface area contributed by atoms with E-state index < -0.39 is 0 Å². The fourth-order valence-electron chi connectivity index (χ4n) is 1.99. The van der Waals surface area contributed by atoms with Crippen LogP contribution in [0.3, 0.4) is 0 Å². The lowest BCUT2D eigenvalue weighted by Gasteiger charge is -2.13. The van der Waals surface area contributed by atoms with Crippen molar-refractivity contribution in [3.8, 4) is 0 Å². The molecule has 0 saturated heterocycles.